The Bertz CT molecular complexity index is 1610. The fraction of sp³-hybridized carbons (Fsp3) is 0.281. The lowest BCUT2D eigenvalue weighted by molar-refractivity contribution is -0.385. The van der Waals surface area contributed by atoms with E-state index >= 15 is 0 Å². The van der Waals surface area contributed by atoms with Crippen molar-refractivity contribution in [3.05, 3.63) is 117 Å². The van der Waals surface area contributed by atoms with Crippen molar-refractivity contribution < 1.29 is 29.0 Å². The molecule has 4 amide bonds. The van der Waals surface area contributed by atoms with Gasteiger partial charge in [0.25, 0.3) is 23.2 Å². The van der Waals surface area contributed by atoms with Crippen LogP contribution in [0.2, 0.25) is 0 Å². The molecule has 1 saturated carbocycles. The number of nitrogens with zero attached hydrogens (tertiary/aromatic N) is 5. The van der Waals surface area contributed by atoms with Crippen molar-refractivity contribution in [2.75, 3.05) is 13.1 Å². The van der Waals surface area contributed by atoms with Crippen LogP contribution in [-0.2, 0) is 24.6 Å². The third kappa shape index (κ3) is 6.80. The van der Waals surface area contributed by atoms with Crippen LogP contribution in [0.1, 0.15) is 37.8 Å². The summed E-state index contributed by atoms with van der Waals surface area (Å²) >= 11 is 0. The van der Waals surface area contributed by atoms with Gasteiger partial charge in [-0.1, -0.05) is 50.3 Å². The molecule has 1 aliphatic carbocycles. The molecule has 5 rings (SSSR count). The number of hydrazone groups is 1. The molecule has 2 unspecified atom stereocenters. The van der Waals surface area contributed by atoms with Crippen LogP contribution >= 0.6 is 0 Å². The zero-order valence-corrected chi connectivity index (χ0v) is 25.4. The van der Waals surface area contributed by atoms with Crippen molar-refractivity contribution in [1.82, 2.24) is 9.80 Å². The molecule has 2 aromatic carbocycles. The van der Waals surface area contributed by atoms with E-state index in [0.29, 0.717) is 36.2 Å². The minimum atomic E-state index is -0.585. The molecular formula is C32H34N6O8. The maximum atomic E-state index is 12.4. The summed E-state index contributed by atoms with van der Waals surface area (Å²) in [5.74, 6) is 3.47. The van der Waals surface area contributed by atoms with Crippen LogP contribution in [0.15, 0.2) is 91.1 Å². The maximum absolute atomic E-state index is 12.4. The molecule has 3 aliphatic rings. The zero-order valence-electron chi connectivity index (χ0n) is 25.4. The number of carbonyl (C=O) groups excluding carboxylic acids is 4. The summed E-state index contributed by atoms with van der Waals surface area (Å²) in [6.07, 6.45) is 6.81. The number of nitro groups is 2. The number of likely N-dealkylation sites (tertiary alicyclic amines) is 1. The normalized spacial score (nSPS) is 21.1. The number of hydrogen-bond donors (Lipinski definition) is 1. The minimum absolute atomic E-state index is 0.0156. The van der Waals surface area contributed by atoms with E-state index in [4.69, 9.17) is 5.84 Å². The van der Waals surface area contributed by atoms with Crippen LogP contribution in [-0.4, -0.2) is 62.1 Å². The quantitative estimate of drug-likeness (QED) is 0.101. The average molecular weight is 631 g/mol. The number of nitro benzene ring substituents is 2. The molecule has 14 nitrogen and oxygen atoms in total. The number of piperidine rings is 1. The Morgan fingerprint density at radius 3 is 1.83 bits per heavy atom. The maximum Gasteiger partial charge on any atom is 0.270 e. The van der Waals surface area contributed by atoms with Crippen LogP contribution in [0.4, 0.5) is 11.4 Å². The summed E-state index contributed by atoms with van der Waals surface area (Å²) in [6.45, 7) is 11.3. The number of carbonyl (C=O) groups is 4. The molecule has 2 heterocycles. The van der Waals surface area contributed by atoms with Crippen LogP contribution in [0.3, 0.4) is 0 Å². The fourth-order valence-electron chi connectivity index (χ4n) is 5.74. The Morgan fingerprint density at radius 2 is 1.37 bits per heavy atom. The van der Waals surface area contributed by atoms with Crippen molar-refractivity contribution in [2.24, 2.45) is 22.8 Å². The summed E-state index contributed by atoms with van der Waals surface area (Å²) < 4.78 is 0. The van der Waals surface area contributed by atoms with Gasteiger partial charge in [-0.05, 0) is 18.4 Å². The molecule has 1 saturated heterocycles. The fourth-order valence-corrected chi connectivity index (χ4v) is 5.74. The summed E-state index contributed by atoms with van der Waals surface area (Å²) in [4.78, 5) is 69.3. The summed E-state index contributed by atoms with van der Waals surface area (Å²) in [5.41, 5.74) is 1.52. The van der Waals surface area contributed by atoms with Gasteiger partial charge in [-0.2, -0.15) is 5.10 Å². The molecule has 14 heteroatoms. The van der Waals surface area contributed by atoms with Crippen LogP contribution < -0.4 is 5.84 Å². The van der Waals surface area contributed by atoms with E-state index in [-0.39, 0.29) is 41.5 Å². The van der Waals surface area contributed by atoms with Crippen LogP contribution in [0.5, 0.6) is 0 Å². The number of amides is 4. The average Bonchev–Trinajstić information content (AvgIpc) is 3.56. The van der Waals surface area contributed by atoms with Gasteiger partial charge >= 0.3 is 0 Å². The Morgan fingerprint density at radius 1 is 0.870 bits per heavy atom. The monoisotopic (exact) mass is 630 g/mol. The summed E-state index contributed by atoms with van der Waals surface area (Å²) in [7, 11) is 0. The summed E-state index contributed by atoms with van der Waals surface area (Å²) in [6, 6.07) is 12.6. The van der Waals surface area contributed by atoms with E-state index in [2.05, 4.69) is 18.3 Å². The molecular weight excluding hydrogens is 596 g/mol. The topological polar surface area (TPSA) is 199 Å². The van der Waals surface area contributed by atoms with Crippen LogP contribution in [0.25, 0.3) is 0 Å². The van der Waals surface area contributed by atoms with Gasteiger partial charge in [0.1, 0.15) is 0 Å². The number of benzene rings is 2. The number of hydrogen-bond acceptors (Lipinski definition) is 10. The molecule has 2 aromatic rings. The lowest BCUT2D eigenvalue weighted by Gasteiger charge is -2.24. The Hall–Kier alpha value is -5.79. The lowest BCUT2D eigenvalue weighted by Crippen LogP contribution is -2.38. The van der Waals surface area contributed by atoms with Crippen molar-refractivity contribution in [1.29, 1.82) is 0 Å². The van der Waals surface area contributed by atoms with E-state index in [0.717, 1.165) is 4.90 Å². The number of fused-ring (bicyclic) bond motifs is 1. The highest BCUT2D eigenvalue weighted by molar-refractivity contribution is 6.13. The third-order valence-corrected chi connectivity index (χ3v) is 7.98. The molecule has 0 aromatic heterocycles. The van der Waals surface area contributed by atoms with Crippen molar-refractivity contribution >= 4 is 40.7 Å². The molecule has 2 N–H and O–H groups in total. The Balaban J connectivity index is 0.000000206. The SMILES string of the molecule is C=CCN1C(=O)C2C(C1=O)C2(CC)c1cccc([N+](=O)[O-])c1.C=CCN1C(=O)C=CC1=O.CC/C(=N/N)c1cccc([N+](=O)[O-])c1. The van der Waals surface area contributed by atoms with E-state index in [1.54, 1.807) is 24.3 Å². The number of non-ortho nitro benzene ring substituents is 2. The van der Waals surface area contributed by atoms with E-state index in [1.165, 1.54) is 53.5 Å². The van der Waals surface area contributed by atoms with Crippen molar-refractivity contribution in [2.45, 2.75) is 32.1 Å². The molecule has 46 heavy (non-hydrogen) atoms. The van der Waals surface area contributed by atoms with Crippen molar-refractivity contribution in [3.63, 3.8) is 0 Å². The second kappa shape index (κ2) is 14.8. The van der Waals surface area contributed by atoms with Crippen molar-refractivity contribution in [3.8, 4) is 0 Å². The standard InChI is InChI=1S/C16H16N2O4.C9H11N3O2.C7H7NO2/c1-3-8-17-14(19)12-13(15(17)20)16(12,4-2)10-6-5-7-11(9-10)18(21)22;1-2-9(11-10)7-4-3-5-8(6-7)12(13)14;1-2-5-8-6(9)3-4-7(8)10/h3,5-7,9,12-13H,1,4,8H2,2H3;3-6H,2,10H2,1H3;2-4H,1,5H2/b;11-9-;. The number of rotatable bonds is 10. The van der Waals surface area contributed by atoms with Gasteiger partial charge in [0, 0.05) is 60.5 Å². The first-order valence-corrected chi connectivity index (χ1v) is 14.3. The molecule has 0 spiro atoms. The van der Waals surface area contributed by atoms with Gasteiger partial charge in [0.2, 0.25) is 11.8 Å². The molecule has 2 fully saturated rings. The zero-order chi connectivity index (χ0) is 34.2. The Labute approximate surface area is 264 Å². The van der Waals surface area contributed by atoms with Gasteiger partial charge < -0.3 is 5.84 Å². The van der Waals surface area contributed by atoms with E-state index in [1.807, 2.05) is 13.8 Å². The highest BCUT2D eigenvalue weighted by Crippen LogP contribution is 2.66. The molecule has 2 atom stereocenters. The first-order valence-electron chi connectivity index (χ1n) is 14.3. The second-order valence-corrected chi connectivity index (χ2v) is 10.4. The molecule has 0 radical (unpaired) electrons. The highest BCUT2D eigenvalue weighted by atomic mass is 16.6. The number of imide groups is 2. The number of nitrogens with two attached hydrogens (primary N) is 1. The Kier molecular flexibility index (Phi) is 11.2. The minimum Gasteiger partial charge on any atom is -0.323 e. The molecule has 2 aliphatic heterocycles. The first kappa shape index (κ1) is 34.7. The predicted octanol–water partition coefficient (Wildman–Crippen LogP) is 3.81. The first-order chi connectivity index (χ1) is 21.9. The molecule has 0 bridgehead atoms. The third-order valence-electron chi connectivity index (χ3n) is 7.98. The van der Waals surface area contributed by atoms with Gasteiger partial charge in [0.15, 0.2) is 0 Å². The smallest absolute Gasteiger partial charge is 0.270 e. The molecule has 240 valence electrons. The van der Waals surface area contributed by atoms with Gasteiger partial charge in [-0.25, -0.2) is 0 Å². The van der Waals surface area contributed by atoms with E-state index < -0.39 is 27.1 Å². The lowest BCUT2D eigenvalue weighted by atomic mass is 9.87. The summed E-state index contributed by atoms with van der Waals surface area (Å²) in [5, 5.41) is 25.0. The van der Waals surface area contributed by atoms with Gasteiger partial charge in [-0.15, -0.1) is 13.2 Å². The van der Waals surface area contributed by atoms with Gasteiger partial charge in [0.05, 0.1) is 27.4 Å². The van der Waals surface area contributed by atoms with Crippen LogP contribution in [0, 0.1) is 32.1 Å². The highest BCUT2D eigenvalue weighted by Gasteiger charge is 2.76. The second-order valence-electron chi connectivity index (χ2n) is 10.4. The van der Waals surface area contributed by atoms with Gasteiger partial charge in [-0.3, -0.25) is 49.2 Å². The largest absolute Gasteiger partial charge is 0.323 e. The predicted molar refractivity (Wildman–Crippen MR) is 169 cm³/mol. The van der Waals surface area contributed by atoms with E-state index in [9.17, 15) is 39.4 Å².